The highest BCUT2D eigenvalue weighted by atomic mass is 35.5. The van der Waals surface area contributed by atoms with Gasteiger partial charge in [0.2, 0.25) is 0 Å². The highest BCUT2D eigenvalue weighted by molar-refractivity contribution is 6.31. The van der Waals surface area contributed by atoms with Gasteiger partial charge in [0.15, 0.2) is 0 Å². The fraction of sp³-hybridized carbons (Fsp3) is 0.526. The van der Waals surface area contributed by atoms with Gasteiger partial charge in [-0.3, -0.25) is 9.88 Å². The van der Waals surface area contributed by atoms with Crippen LogP contribution in [0.15, 0.2) is 30.5 Å². The van der Waals surface area contributed by atoms with E-state index in [1.54, 1.807) is 0 Å². The zero-order chi connectivity index (χ0) is 16.4. The first kappa shape index (κ1) is 16.1. The topological polar surface area (TPSA) is 28.6 Å². The van der Waals surface area contributed by atoms with Gasteiger partial charge >= 0.3 is 0 Å². The third-order valence-electron chi connectivity index (χ3n) is 5.16. The second-order valence-corrected chi connectivity index (χ2v) is 7.30. The van der Waals surface area contributed by atoms with Crippen LogP contribution in [0.2, 0.25) is 5.02 Å². The molecule has 1 unspecified atom stereocenters. The summed E-state index contributed by atoms with van der Waals surface area (Å²) in [5, 5.41) is 1.95. The van der Waals surface area contributed by atoms with Gasteiger partial charge < -0.3 is 9.64 Å². The standard InChI is InChI=1S/C19H24ClN3O/c20-16-3-4-17-18(12-16)21-6-5-19(17)23-7-1-2-15(14-23)13-22-8-10-24-11-9-22/h3-6,12,15H,1-2,7-11,13-14H2. The van der Waals surface area contributed by atoms with Crippen molar-refractivity contribution < 1.29 is 4.74 Å². The minimum Gasteiger partial charge on any atom is -0.379 e. The number of halogens is 1. The maximum atomic E-state index is 6.12. The van der Waals surface area contributed by atoms with Crippen LogP contribution < -0.4 is 4.90 Å². The average Bonchev–Trinajstić information content (AvgIpc) is 2.62. The Bertz CT molecular complexity index is 702. The van der Waals surface area contributed by atoms with Gasteiger partial charge in [-0.25, -0.2) is 0 Å². The maximum Gasteiger partial charge on any atom is 0.0737 e. The summed E-state index contributed by atoms with van der Waals surface area (Å²) in [7, 11) is 0. The quantitative estimate of drug-likeness (QED) is 0.852. The Morgan fingerprint density at radius 2 is 2.04 bits per heavy atom. The molecule has 128 valence electrons. The number of anilines is 1. The number of ether oxygens (including phenoxy) is 1. The van der Waals surface area contributed by atoms with Crippen molar-refractivity contribution in [2.24, 2.45) is 5.92 Å². The summed E-state index contributed by atoms with van der Waals surface area (Å²) in [5.74, 6) is 0.729. The van der Waals surface area contributed by atoms with Gasteiger partial charge in [0.25, 0.3) is 0 Å². The van der Waals surface area contributed by atoms with E-state index in [-0.39, 0.29) is 0 Å². The fourth-order valence-corrected chi connectivity index (χ4v) is 4.13. The molecule has 4 nitrogen and oxygen atoms in total. The summed E-state index contributed by atoms with van der Waals surface area (Å²) < 4.78 is 5.47. The lowest BCUT2D eigenvalue weighted by Crippen LogP contribution is -2.44. The molecule has 1 atom stereocenters. The smallest absolute Gasteiger partial charge is 0.0737 e. The van der Waals surface area contributed by atoms with Crippen molar-refractivity contribution in [1.29, 1.82) is 0 Å². The lowest BCUT2D eigenvalue weighted by Gasteiger charge is -2.38. The van der Waals surface area contributed by atoms with Crippen LogP contribution >= 0.6 is 11.6 Å². The predicted octanol–water partition coefficient (Wildman–Crippen LogP) is 3.44. The second kappa shape index (κ2) is 7.26. The van der Waals surface area contributed by atoms with Crippen molar-refractivity contribution in [3.05, 3.63) is 35.5 Å². The number of morpholine rings is 1. The number of pyridine rings is 1. The fourth-order valence-electron chi connectivity index (χ4n) is 3.96. The summed E-state index contributed by atoms with van der Waals surface area (Å²) in [6.07, 6.45) is 4.48. The molecule has 0 spiro atoms. The summed E-state index contributed by atoms with van der Waals surface area (Å²) in [4.78, 5) is 9.57. The summed E-state index contributed by atoms with van der Waals surface area (Å²) in [5.41, 5.74) is 2.28. The summed E-state index contributed by atoms with van der Waals surface area (Å²) in [6, 6.07) is 8.17. The van der Waals surface area contributed by atoms with Gasteiger partial charge in [0, 0.05) is 55.0 Å². The van der Waals surface area contributed by atoms with E-state index < -0.39 is 0 Å². The molecule has 0 saturated carbocycles. The highest BCUT2D eigenvalue weighted by Gasteiger charge is 2.24. The van der Waals surface area contributed by atoms with E-state index in [0.29, 0.717) is 0 Å². The first-order valence-corrected chi connectivity index (χ1v) is 9.27. The van der Waals surface area contributed by atoms with Gasteiger partial charge in [-0.1, -0.05) is 11.6 Å². The van der Waals surface area contributed by atoms with Gasteiger partial charge in [-0.05, 0) is 43.0 Å². The molecule has 2 fully saturated rings. The number of piperidine rings is 1. The maximum absolute atomic E-state index is 6.12. The molecule has 5 heteroatoms. The number of hydrogen-bond acceptors (Lipinski definition) is 4. The van der Waals surface area contributed by atoms with Crippen LogP contribution in [0.25, 0.3) is 10.9 Å². The predicted molar refractivity (Wildman–Crippen MR) is 98.9 cm³/mol. The van der Waals surface area contributed by atoms with E-state index >= 15 is 0 Å². The molecule has 2 aliphatic heterocycles. The number of aromatic nitrogens is 1. The van der Waals surface area contributed by atoms with Crippen molar-refractivity contribution in [1.82, 2.24) is 9.88 Å². The van der Waals surface area contributed by atoms with Crippen LogP contribution in [0.3, 0.4) is 0 Å². The number of fused-ring (bicyclic) bond motifs is 1. The van der Waals surface area contributed by atoms with Gasteiger partial charge in [0.1, 0.15) is 0 Å². The molecule has 24 heavy (non-hydrogen) atoms. The van der Waals surface area contributed by atoms with Gasteiger partial charge in [0.05, 0.1) is 18.7 Å². The van der Waals surface area contributed by atoms with Crippen LogP contribution in [-0.4, -0.2) is 55.8 Å². The van der Waals surface area contributed by atoms with Crippen LogP contribution in [0.5, 0.6) is 0 Å². The molecule has 2 aliphatic rings. The average molecular weight is 346 g/mol. The lowest BCUT2D eigenvalue weighted by atomic mass is 9.96. The molecule has 2 saturated heterocycles. The summed E-state index contributed by atoms with van der Waals surface area (Å²) >= 11 is 6.12. The molecule has 4 rings (SSSR count). The molecule has 0 N–H and O–H groups in total. The molecule has 0 amide bonds. The zero-order valence-corrected chi connectivity index (χ0v) is 14.7. The number of rotatable bonds is 3. The van der Waals surface area contributed by atoms with Crippen molar-refractivity contribution in [3.8, 4) is 0 Å². The Balaban J connectivity index is 1.51. The first-order chi connectivity index (χ1) is 11.8. The molecule has 1 aromatic carbocycles. The number of nitrogens with zero attached hydrogens (tertiary/aromatic N) is 3. The van der Waals surface area contributed by atoms with Crippen molar-refractivity contribution in [3.63, 3.8) is 0 Å². The van der Waals surface area contributed by atoms with E-state index in [1.165, 1.54) is 30.5 Å². The van der Waals surface area contributed by atoms with E-state index in [9.17, 15) is 0 Å². The van der Waals surface area contributed by atoms with Crippen molar-refractivity contribution >= 4 is 28.2 Å². The van der Waals surface area contributed by atoms with Crippen LogP contribution in [0.1, 0.15) is 12.8 Å². The zero-order valence-electron chi connectivity index (χ0n) is 14.0. The van der Waals surface area contributed by atoms with Crippen molar-refractivity contribution in [2.75, 3.05) is 50.8 Å². The molecule has 1 aromatic heterocycles. The SMILES string of the molecule is Clc1ccc2c(N3CCCC(CN4CCOCC4)C3)ccnc2c1. The number of hydrogen-bond donors (Lipinski definition) is 0. The molecule has 0 bridgehead atoms. The number of benzene rings is 1. The first-order valence-electron chi connectivity index (χ1n) is 8.89. The van der Waals surface area contributed by atoms with Crippen LogP contribution in [0, 0.1) is 5.92 Å². The van der Waals surface area contributed by atoms with Crippen LogP contribution in [-0.2, 0) is 4.74 Å². The van der Waals surface area contributed by atoms with E-state index in [2.05, 4.69) is 26.9 Å². The summed E-state index contributed by atoms with van der Waals surface area (Å²) in [6.45, 7) is 7.36. The Labute approximate surface area is 148 Å². The van der Waals surface area contributed by atoms with Gasteiger partial charge in [-0.15, -0.1) is 0 Å². The Hall–Kier alpha value is -1.36. The van der Waals surface area contributed by atoms with E-state index in [1.807, 2.05) is 18.3 Å². The monoisotopic (exact) mass is 345 g/mol. The molecule has 0 aliphatic carbocycles. The largest absolute Gasteiger partial charge is 0.379 e. The minimum absolute atomic E-state index is 0.729. The van der Waals surface area contributed by atoms with E-state index in [4.69, 9.17) is 16.3 Å². The third kappa shape index (κ3) is 3.51. The molecule has 2 aromatic rings. The molecular weight excluding hydrogens is 322 g/mol. The normalized spacial score (nSPS) is 22.9. The molecular formula is C19H24ClN3O. The van der Waals surface area contributed by atoms with Gasteiger partial charge in [-0.2, -0.15) is 0 Å². The minimum atomic E-state index is 0.729. The van der Waals surface area contributed by atoms with E-state index in [0.717, 1.165) is 55.9 Å². The molecule has 3 heterocycles. The Morgan fingerprint density at radius 3 is 2.92 bits per heavy atom. The third-order valence-corrected chi connectivity index (χ3v) is 5.40. The second-order valence-electron chi connectivity index (χ2n) is 6.86. The highest BCUT2D eigenvalue weighted by Crippen LogP contribution is 2.31. The Kier molecular flexibility index (Phi) is 4.88. The Morgan fingerprint density at radius 1 is 1.17 bits per heavy atom. The van der Waals surface area contributed by atoms with Crippen molar-refractivity contribution in [2.45, 2.75) is 12.8 Å². The van der Waals surface area contributed by atoms with Crippen LogP contribution in [0.4, 0.5) is 5.69 Å². The lowest BCUT2D eigenvalue weighted by molar-refractivity contribution is 0.0296. The molecule has 0 radical (unpaired) electrons.